The Hall–Kier alpha value is -1.86. The summed E-state index contributed by atoms with van der Waals surface area (Å²) in [4.78, 5) is 0. The van der Waals surface area contributed by atoms with Crippen LogP contribution in [-0.2, 0) is 16.2 Å². The summed E-state index contributed by atoms with van der Waals surface area (Å²) in [5.41, 5.74) is 9.55. The molecule has 0 saturated carbocycles. The van der Waals surface area contributed by atoms with Gasteiger partial charge in [0.25, 0.3) is 0 Å². The van der Waals surface area contributed by atoms with Crippen molar-refractivity contribution >= 4 is 15.9 Å². The predicted molar refractivity (Wildman–Crippen MR) is 141 cm³/mol. The zero-order valence-corrected chi connectivity index (χ0v) is 22.2. The van der Waals surface area contributed by atoms with E-state index in [2.05, 4.69) is 139 Å². The van der Waals surface area contributed by atoms with Crippen molar-refractivity contribution in [3.8, 4) is 22.3 Å². The van der Waals surface area contributed by atoms with Gasteiger partial charge in [0.15, 0.2) is 0 Å². The van der Waals surface area contributed by atoms with E-state index < -0.39 is 0 Å². The fourth-order valence-corrected chi connectivity index (χ4v) is 3.96. The van der Waals surface area contributed by atoms with Crippen LogP contribution < -0.4 is 0 Å². The first kappa shape index (κ1) is 23.8. The summed E-state index contributed by atoms with van der Waals surface area (Å²) in [7, 11) is 0. The van der Waals surface area contributed by atoms with E-state index in [1.54, 1.807) is 0 Å². The average molecular weight is 478 g/mol. The van der Waals surface area contributed by atoms with E-state index in [-0.39, 0.29) is 16.2 Å². The highest BCUT2D eigenvalue weighted by Crippen LogP contribution is 2.37. The zero-order valence-electron chi connectivity index (χ0n) is 20.7. The van der Waals surface area contributed by atoms with Crippen molar-refractivity contribution in [3.63, 3.8) is 0 Å². The van der Waals surface area contributed by atoms with Crippen molar-refractivity contribution in [1.29, 1.82) is 0 Å². The topological polar surface area (TPSA) is 0 Å². The highest BCUT2D eigenvalue weighted by Gasteiger charge is 2.22. The van der Waals surface area contributed by atoms with Gasteiger partial charge in [-0.1, -0.05) is 121 Å². The minimum atomic E-state index is 0.0780. The second kappa shape index (κ2) is 8.24. The standard InChI is InChI=1S/C30H37Br/c1-28(2,3)24-15-21(20-10-12-27(31)13-11-20)14-22(16-24)23-17-25(29(4,5)6)19-26(18-23)30(7,8)9/h10-19H,1-9H3. The molecule has 0 aromatic heterocycles. The molecule has 31 heavy (non-hydrogen) atoms. The third-order valence-electron chi connectivity index (χ3n) is 5.97. The van der Waals surface area contributed by atoms with Gasteiger partial charge in [-0.2, -0.15) is 0 Å². The second-order valence-corrected chi connectivity index (χ2v) is 12.8. The largest absolute Gasteiger partial charge is 0.0561 e. The van der Waals surface area contributed by atoms with Crippen molar-refractivity contribution < 1.29 is 0 Å². The lowest BCUT2D eigenvalue weighted by molar-refractivity contribution is 0.569. The SMILES string of the molecule is CC(C)(C)c1cc(-c2ccc(Br)cc2)cc(-c2cc(C(C)(C)C)cc(C(C)(C)C)c2)c1. The quantitative estimate of drug-likeness (QED) is 0.345. The molecular formula is C30H37Br. The Kier molecular flexibility index (Phi) is 6.33. The van der Waals surface area contributed by atoms with E-state index in [1.807, 2.05) is 0 Å². The Balaban J connectivity index is 2.29. The molecule has 0 aliphatic rings. The molecule has 0 nitrogen and oxygen atoms in total. The molecule has 0 radical (unpaired) electrons. The number of hydrogen-bond acceptors (Lipinski definition) is 0. The first-order chi connectivity index (χ1) is 14.1. The van der Waals surface area contributed by atoms with E-state index >= 15 is 0 Å². The van der Waals surface area contributed by atoms with Gasteiger partial charge in [-0.25, -0.2) is 0 Å². The van der Waals surface area contributed by atoms with Crippen LogP contribution in [0.2, 0.25) is 0 Å². The zero-order chi connectivity index (χ0) is 23.2. The Bertz CT molecular complexity index is 1030. The van der Waals surface area contributed by atoms with Gasteiger partial charge in [0.05, 0.1) is 0 Å². The predicted octanol–water partition coefficient (Wildman–Crippen LogP) is 9.68. The van der Waals surface area contributed by atoms with E-state index in [0.29, 0.717) is 0 Å². The molecule has 0 bridgehead atoms. The molecule has 0 aliphatic carbocycles. The number of rotatable bonds is 2. The fourth-order valence-electron chi connectivity index (χ4n) is 3.70. The van der Waals surface area contributed by atoms with E-state index in [0.717, 1.165) is 4.47 Å². The molecule has 3 aromatic carbocycles. The highest BCUT2D eigenvalue weighted by atomic mass is 79.9. The van der Waals surface area contributed by atoms with Crippen LogP contribution in [0.5, 0.6) is 0 Å². The molecule has 0 N–H and O–H groups in total. The van der Waals surface area contributed by atoms with Crippen molar-refractivity contribution in [3.05, 3.63) is 81.8 Å². The van der Waals surface area contributed by atoms with E-state index in [1.165, 1.54) is 38.9 Å². The van der Waals surface area contributed by atoms with Crippen LogP contribution in [0, 0.1) is 0 Å². The first-order valence-corrected chi connectivity index (χ1v) is 12.0. The molecule has 164 valence electrons. The maximum Gasteiger partial charge on any atom is 0.0175 e. The van der Waals surface area contributed by atoms with Gasteiger partial charge in [0.2, 0.25) is 0 Å². The minimum absolute atomic E-state index is 0.0780. The molecule has 0 fully saturated rings. The van der Waals surface area contributed by atoms with Crippen molar-refractivity contribution in [2.75, 3.05) is 0 Å². The molecule has 3 rings (SSSR count). The average Bonchev–Trinajstić information content (AvgIpc) is 2.66. The maximum atomic E-state index is 3.57. The van der Waals surface area contributed by atoms with Crippen LogP contribution in [0.25, 0.3) is 22.3 Å². The summed E-state index contributed by atoms with van der Waals surface area (Å²) in [6, 6.07) is 22.9. The lowest BCUT2D eigenvalue weighted by Crippen LogP contribution is -2.16. The third kappa shape index (κ3) is 5.69. The number of benzene rings is 3. The molecule has 3 aromatic rings. The Morgan fingerprint density at radius 2 is 0.742 bits per heavy atom. The summed E-state index contributed by atoms with van der Waals surface area (Å²) in [5.74, 6) is 0. The van der Waals surface area contributed by atoms with Crippen LogP contribution in [0.1, 0.15) is 79.0 Å². The molecule has 0 heterocycles. The fraction of sp³-hybridized carbons (Fsp3) is 0.400. The maximum absolute atomic E-state index is 3.57. The first-order valence-electron chi connectivity index (χ1n) is 11.2. The lowest BCUT2D eigenvalue weighted by Gasteiger charge is -2.27. The van der Waals surface area contributed by atoms with Crippen LogP contribution in [0.3, 0.4) is 0 Å². The van der Waals surface area contributed by atoms with Gasteiger partial charge in [-0.05, 0) is 73.4 Å². The molecule has 0 atom stereocenters. The van der Waals surface area contributed by atoms with Gasteiger partial charge in [0.1, 0.15) is 0 Å². The number of halogens is 1. The second-order valence-electron chi connectivity index (χ2n) is 11.9. The molecule has 0 amide bonds. The van der Waals surface area contributed by atoms with E-state index in [4.69, 9.17) is 0 Å². The molecule has 0 saturated heterocycles. The normalized spacial score (nSPS) is 12.8. The van der Waals surface area contributed by atoms with Gasteiger partial charge < -0.3 is 0 Å². The van der Waals surface area contributed by atoms with Gasteiger partial charge >= 0.3 is 0 Å². The summed E-state index contributed by atoms with van der Waals surface area (Å²) in [6.45, 7) is 20.7. The van der Waals surface area contributed by atoms with Crippen LogP contribution in [0.4, 0.5) is 0 Å². The Morgan fingerprint density at radius 1 is 0.419 bits per heavy atom. The van der Waals surface area contributed by atoms with Gasteiger partial charge in [-0.3, -0.25) is 0 Å². The van der Waals surface area contributed by atoms with Crippen molar-refractivity contribution in [1.82, 2.24) is 0 Å². The summed E-state index contributed by atoms with van der Waals surface area (Å²) in [5, 5.41) is 0. The minimum Gasteiger partial charge on any atom is -0.0561 e. The summed E-state index contributed by atoms with van der Waals surface area (Å²) < 4.78 is 1.11. The molecule has 0 unspecified atom stereocenters. The summed E-state index contributed by atoms with van der Waals surface area (Å²) >= 11 is 3.57. The molecule has 1 heteroatoms. The highest BCUT2D eigenvalue weighted by molar-refractivity contribution is 9.10. The van der Waals surface area contributed by atoms with Gasteiger partial charge in [-0.15, -0.1) is 0 Å². The third-order valence-corrected chi connectivity index (χ3v) is 6.50. The van der Waals surface area contributed by atoms with Gasteiger partial charge in [0, 0.05) is 4.47 Å². The Morgan fingerprint density at radius 3 is 1.13 bits per heavy atom. The van der Waals surface area contributed by atoms with Crippen LogP contribution in [0.15, 0.2) is 65.1 Å². The van der Waals surface area contributed by atoms with Crippen molar-refractivity contribution in [2.45, 2.75) is 78.6 Å². The monoisotopic (exact) mass is 476 g/mol. The lowest BCUT2D eigenvalue weighted by atomic mass is 9.78. The van der Waals surface area contributed by atoms with E-state index in [9.17, 15) is 0 Å². The Labute approximate surface area is 198 Å². The van der Waals surface area contributed by atoms with Crippen LogP contribution >= 0.6 is 15.9 Å². The summed E-state index contributed by atoms with van der Waals surface area (Å²) in [6.07, 6.45) is 0. The van der Waals surface area contributed by atoms with Crippen molar-refractivity contribution in [2.24, 2.45) is 0 Å². The molecule has 0 spiro atoms. The smallest absolute Gasteiger partial charge is 0.0175 e. The molecular weight excluding hydrogens is 440 g/mol. The number of hydrogen-bond donors (Lipinski definition) is 0. The molecule has 0 aliphatic heterocycles. The van der Waals surface area contributed by atoms with Crippen LogP contribution in [-0.4, -0.2) is 0 Å².